The number of nitrogens with zero attached hydrogens (tertiary/aromatic N) is 2. The molecule has 1 aliphatic rings. The van der Waals surface area contributed by atoms with Crippen molar-refractivity contribution in [1.82, 2.24) is 9.55 Å². The maximum atomic E-state index is 14.2. The van der Waals surface area contributed by atoms with E-state index in [0.717, 1.165) is 25.0 Å². The largest absolute Gasteiger partial charge is 0.507 e. The third-order valence-electron chi connectivity index (χ3n) is 7.47. The molecule has 0 amide bonds. The predicted octanol–water partition coefficient (Wildman–Crippen LogP) is 3.61. The SMILES string of the molecule is CCOC(=O)c1oc2c(C[NH+]3CCC[C@H](C)C3)c(O)c(CC)cc2c(=O)c1-c1nc2ccccc2n1C. The number of benzene rings is 2. The number of rotatable bonds is 6. The third-order valence-corrected chi connectivity index (χ3v) is 7.47. The maximum Gasteiger partial charge on any atom is 0.375 e. The summed E-state index contributed by atoms with van der Waals surface area (Å²) in [7, 11) is 1.81. The molecule has 1 saturated heterocycles. The van der Waals surface area contributed by atoms with Gasteiger partial charge in [0.2, 0.25) is 11.2 Å². The zero-order chi connectivity index (χ0) is 26.3. The number of imidazole rings is 1. The van der Waals surface area contributed by atoms with Crippen molar-refractivity contribution >= 4 is 28.0 Å². The van der Waals surface area contributed by atoms with Crippen molar-refractivity contribution in [1.29, 1.82) is 0 Å². The Balaban J connectivity index is 1.80. The van der Waals surface area contributed by atoms with Crippen LogP contribution in [-0.4, -0.2) is 40.3 Å². The lowest BCUT2D eigenvalue weighted by Crippen LogP contribution is -3.12. The Morgan fingerprint density at radius 3 is 2.78 bits per heavy atom. The Morgan fingerprint density at radius 1 is 1.30 bits per heavy atom. The van der Waals surface area contributed by atoms with Crippen molar-refractivity contribution in [2.75, 3.05) is 19.7 Å². The number of aromatic hydroxyl groups is 1. The monoisotopic (exact) mass is 504 g/mol. The molecule has 37 heavy (non-hydrogen) atoms. The Kier molecular flexibility index (Phi) is 6.77. The number of aryl methyl sites for hydroxylation is 2. The van der Waals surface area contributed by atoms with Crippen LogP contribution in [0.1, 0.15) is 55.3 Å². The summed E-state index contributed by atoms with van der Waals surface area (Å²) in [6.45, 7) is 8.49. The Morgan fingerprint density at radius 2 is 2.08 bits per heavy atom. The summed E-state index contributed by atoms with van der Waals surface area (Å²) in [5.74, 6) is 0.132. The molecule has 0 aliphatic carbocycles. The van der Waals surface area contributed by atoms with Gasteiger partial charge in [0.15, 0.2) is 5.58 Å². The minimum absolute atomic E-state index is 0.0716. The van der Waals surface area contributed by atoms with Crippen LogP contribution in [-0.2, 0) is 24.8 Å². The molecule has 194 valence electrons. The van der Waals surface area contributed by atoms with E-state index in [2.05, 4.69) is 11.9 Å². The summed E-state index contributed by atoms with van der Waals surface area (Å²) in [4.78, 5) is 33.3. The molecule has 0 spiro atoms. The predicted molar refractivity (Wildman–Crippen MR) is 142 cm³/mol. The number of nitrogens with one attached hydrogen (secondary N) is 1. The van der Waals surface area contributed by atoms with E-state index >= 15 is 0 Å². The van der Waals surface area contributed by atoms with Crippen molar-refractivity contribution in [2.24, 2.45) is 13.0 Å². The number of piperidine rings is 1. The summed E-state index contributed by atoms with van der Waals surface area (Å²) in [6.07, 6.45) is 2.85. The smallest absolute Gasteiger partial charge is 0.375 e. The highest BCUT2D eigenvalue weighted by atomic mass is 16.5. The molecule has 1 aliphatic heterocycles. The fraction of sp³-hybridized carbons (Fsp3) is 0.414. The van der Waals surface area contributed by atoms with Gasteiger partial charge in [0.1, 0.15) is 23.7 Å². The minimum atomic E-state index is -0.729. The summed E-state index contributed by atoms with van der Waals surface area (Å²) in [6, 6.07) is 9.23. The Bertz CT molecular complexity index is 1550. The van der Waals surface area contributed by atoms with Gasteiger partial charge >= 0.3 is 5.97 Å². The van der Waals surface area contributed by atoms with Crippen LogP contribution in [0.25, 0.3) is 33.4 Å². The lowest BCUT2D eigenvalue weighted by Gasteiger charge is -2.28. The van der Waals surface area contributed by atoms with E-state index in [1.54, 1.807) is 17.6 Å². The maximum absolute atomic E-state index is 14.2. The van der Waals surface area contributed by atoms with Crippen LogP contribution in [0.15, 0.2) is 39.5 Å². The van der Waals surface area contributed by atoms with Crippen LogP contribution in [0.2, 0.25) is 0 Å². The van der Waals surface area contributed by atoms with E-state index in [4.69, 9.17) is 9.15 Å². The lowest BCUT2D eigenvalue weighted by atomic mass is 9.97. The summed E-state index contributed by atoms with van der Waals surface area (Å²) in [5, 5.41) is 11.6. The molecule has 1 fully saturated rings. The number of carbonyl (C=O) groups excluding carboxylic acids is 1. The van der Waals surface area contributed by atoms with Crippen molar-refractivity contribution in [3.8, 4) is 17.1 Å². The molecule has 2 atom stereocenters. The first-order chi connectivity index (χ1) is 17.8. The van der Waals surface area contributed by atoms with Gasteiger partial charge in [-0.1, -0.05) is 26.0 Å². The number of quaternary nitrogens is 1. The highest BCUT2D eigenvalue weighted by Crippen LogP contribution is 2.34. The number of likely N-dealkylation sites (tertiary alicyclic amines) is 1. The van der Waals surface area contributed by atoms with Gasteiger partial charge in [-0.05, 0) is 49.9 Å². The van der Waals surface area contributed by atoms with E-state index in [1.807, 2.05) is 38.2 Å². The molecule has 5 rings (SSSR count). The Hall–Kier alpha value is -3.65. The number of esters is 1. The van der Waals surface area contributed by atoms with Crippen molar-refractivity contribution < 1.29 is 24.0 Å². The van der Waals surface area contributed by atoms with Gasteiger partial charge in [0.05, 0.1) is 41.7 Å². The summed E-state index contributed by atoms with van der Waals surface area (Å²) >= 11 is 0. The van der Waals surface area contributed by atoms with Crippen molar-refractivity contribution in [3.63, 3.8) is 0 Å². The van der Waals surface area contributed by atoms with E-state index in [-0.39, 0.29) is 34.7 Å². The number of carbonyl (C=O) groups is 1. The van der Waals surface area contributed by atoms with Gasteiger partial charge in [-0.25, -0.2) is 9.78 Å². The van der Waals surface area contributed by atoms with Gasteiger partial charge in [0.25, 0.3) is 0 Å². The molecule has 2 aromatic heterocycles. The second-order valence-electron chi connectivity index (χ2n) is 10.1. The van der Waals surface area contributed by atoms with E-state index in [9.17, 15) is 14.7 Å². The van der Waals surface area contributed by atoms with Gasteiger partial charge in [-0.15, -0.1) is 0 Å². The number of fused-ring (bicyclic) bond motifs is 2. The first-order valence-electron chi connectivity index (χ1n) is 13.1. The normalized spacial score (nSPS) is 17.9. The first-order valence-corrected chi connectivity index (χ1v) is 13.1. The molecule has 1 unspecified atom stereocenters. The number of ether oxygens (including phenoxy) is 1. The van der Waals surface area contributed by atoms with E-state index < -0.39 is 5.97 Å². The van der Waals surface area contributed by atoms with Crippen LogP contribution in [0.5, 0.6) is 5.75 Å². The van der Waals surface area contributed by atoms with Gasteiger partial charge in [-0.2, -0.15) is 0 Å². The van der Waals surface area contributed by atoms with Crippen molar-refractivity contribution in [2.45, 2.75) is 46.6 Å². The quantitative estimate of drug-likeness (QED) is 0.389. The lowest BCUT2D eigenvalue weighted by molar-refractivity contribution is -0.922. The highest BCUT2D eigenvalue weighted by Gasteiger charge is 2.30. The molecule has 2 N–H and O–H groups in total. The zero-order valence-electron chi connectivity index (χ0n) is 21.9. The molecule has 8 nitrogen and oxygen atoms in total. The fourth-order valence-corrected chi connectivity index (χ4v) is 5.60. The molecule has 0 bridgehead atoms. The molecule has 3 heterocycles. The Labute approximate surface area is 215 Å². The molecule has 8 heteroatoms. The van der Waals surface area contributed by atoms with Gasteiger partial charge < -0.3 is 23.7 Å². The molecule has 0 saturated carbocycles. The number of phenolic OH excluding ortho intramolecular Hbond substituents is 1. The van der Waals surface area contributed by atoms with E-state index in [1.165, 1.54) is 11.3 Å². The first kappa shape index (κ1) is 25.0. The number of phenols is 1. The molecule has 2 aromatic carbocycles. The van der Waals surface area contributed by atoms with Gasteiger partial charge in [-0.3, -0.25) is 4.79 Å². The summed E-state index contributed by atoms with van der Waals surface area (Å²) in [5.41, 5.74) is 2.74. The van der Waals surface area contributed by atoms with Crippen LogP contribution in [0.3, 0.4) is 0 Å². The minimum Gasteiger partial charge on any atom is -0.507 e. The highest BCUT2D eigenvalue weighted by molar-refractivity contribution is 5.98. The van der Waals surface area contributed by atoms with Crippen LogP contribution < -0.4 is 10.3 Å². The molecular weight excluding hydrogens is 470 g/mol. The fourth-order valence-electron chi connectivity index (χ4n) is 5.60. The van der Waals surface area contributed by atoms with Crippen LogP contribution in [0.4, 0.5) is 0 Å². The second-order valence-corrected chi connectivity index (χ2v) is 10.1. The topological polar surface area (TPSA) is 99.0 Å². The number of para-hydroxylation sites is 2. The average molecular weight is 505 g/mol. The van der Waals surface area contributed by atoms with Crippen LogP contribution >= 0.6 is 0 Å². The third kappa shape index (κ3) is 4.39. The number of hydrogen-bond acceptors (Lipinski definition) is 6. The summed E-state index contributed by atoms with van der Waals surface area (Å²) < 4.78 is 13.4. The average Bonchev–Trinajstić information content (AvgIpc) is 3.21. The standard InChI is InChI=1S/C29H33N3O5/c1-5-18-14-19-25(34)23(28-30-21-11-7-8-12-22(21)31(28)4)27(29(35)36-6-2)37-26(19)20(24(18)33)16-32-13-9-10-17(3)15-32/h7-8,11-12,14,17,33H,5-6,9-10,13,15-16H2,1-4H3/p+1/t17-/m0/s1. The van der Waals surface area contributed by atoms with Crippen molar-refractivity contribution in [3.05, 3.63) is 57.4 Å². The molecule has 4 aromatic rings. The molecule has 0 radical (unpaired) electrons. The second kappa shape index (κ2) is 10.0. The van der Waals surface area contributed by atoms with E-state index in [0.29, 0.717) is 46.7 Å². The van der Waals surface area contributed by atoms with Crippen LogP contribution in [0, 0.1) is 5.92 Å². The molecular formula is C29H34N3O5+. The zero-order valence-corrected chi connectivity index (χ0v) is 21.9. The van der Waals surface area contributed by atoms with Gasteiger partial charge in [0, 0.05) is 13.0 Å². The number of aromatic nitrogens is 2. The number of hydrogen-bond donors (Lipinski definition) is 2.